The number of aliphatic hydroxyl groups excluding tert-OH is 1. The van der Waals surface area contributed by atoms with Crippen molar-refractivity contribution in [3.63, 3.8) is 0 Å². The van der Waals surface area contributed by atoms with Crippen molar-refractivity contribution in [2.75, 3.05) is 41.3 Å². The first-order chi connectivity index (χ1) is 32.4. The third-order valence-corrected chi connectivity index (χ3v) is 21.7. The number of carboxylic acids is 1. The Kier molecular flexibility index (Phi) is 22.8. The Morgan fingerprint density at radius 1 is 0.606 bits per heavy atom. The van der Waals surface area contributed by atoms with Crippen LogP contribution >= 0.6 is 12.4 Å². The summed E-state index contributed by atoms with van der Waals surface area (Å²) in [7, 11) is 7.29. The van der Waals surface area contributed by atoms with Gasteiger partial charge in [0.2, 0.25) is 0 Å². The number of ether oxygens (including phenoxy) is 1. The smallest absolute Gasteiger partial charge is 0.320 e. The summed E-state index contributed by atoms with van der Waals surface area (Å²) in [5.74, 6) is 9.86. The number of likely N-dealkylation sites (N-methyl/N-ethyl adjacent to an activating group) is 2. The third kappa shape index (κ3) is 14.2. The molecule has 0 radical (unpaired) electrons. The van der Waals surface area contributed by atoms with E-state index >= 15 is 0 Å². The topological polar surface area (TPSA) is 90.3 Å². The molecule has 6 fully saturated rings. The molecule has 0 saturated heterocycles. The summed E-state index contributed by atoms with van der Waals surface area (Å²) < 4.78 is 5.88. The minimum Gasteiger partial charge on any atom is -0.480 e. The molecular weight excluding hydrogens is 900 g/mol. The summed E-state index contributed by atoms with van der Waals surface area (Å²) in [5.41, 5.74) is 5.10. The number of allylic oxidation sites excluding steroid dienone is 2. The SMILES string of the molecule is C.CC(C)CCC[C@@H](C)[C@H]1CC[C@H]2[C@@H]3CC=C4CC(O)CC[C@]4(C)[C@H]3CC[C@]12C.CC(C)CCC[C@@H](C)[C@H]1CC[C@H]2[C@@H]3CC=C4CC(OC(=O)CN(C)C)CC[C@]4(C)[C@H]3CC[C@]12C.CN(C)CC(=O)O.Cl. The summed E-state index contributed by atoms with van der Waals surface area (Å²) in [5, 5.41) is 18.3. The summed E-state index contributed by atoms with van der Waals surface area (Å²) in [6.07, 6.45) is 34.3. The molecule has 71 heavy (non-hydrogen) atoms. The lowest BCUT2D eigenvalue weighted by atomic mass is 9.47. The van der Waals surface area contributed by atoms with E-state index in [1.807, 2.05) is 19.0 Å². The van der Waals surface area contributed by atoms with Crippen LogP contribution in [0.15, 0.2) is 23.3 Å². The van der Waals surface area contributed by atoms with Crippen LogP contribution in [0.2, 0.25) is 0 Å². The number of aliphatic carboxylic acids is 1. The van der Waals surface area contributed by atoms with E-state index in [9.17, 15) is 14.7 Å². The maximum Gasteiger partial charge on any atom is 0.320 e. The van der Waals surface area contributed by atoms with Gasteiger partial charge in [-0.2, -0.15) is 0 Å². The molecule has 0 aromatic carbocycles. The Morgan fingerprint density at radius 2 is 1.04 bits per heavy atom. The molecular formula is C63H113ClN2O5. The fourth-order valence-corrected chi connectivity index (χ4v) is 18.2. The molecule has 6 saturated carbocycles. The molecule has 0 aliphatic heterocycles. The lowest BCUT2D eigenvalue weighted by Crippen LogP contribution is -2.51. The van der Waals surface area contributed by atoms with Gasteiger partial charge in [0.25, 0.3) is 0 Å². The van der Waals surface area contributed by atoms with Crippen LogP contribution in [0.3, 0.4) is 0 Å². The first kappa shape index (κ1) is 62.1. The largest absolute Gasteiger partial charge is 0.480 e. The Morgan fingerprint density at radius 3 is 1.45 bits per heavy atom. The van der Waals surface area contributed by atoms with Crippen molar-refractivity contribution in [3.8, 4) is 0 Å². The summed E-state index contributed by atoms with van der Waals surface area (Å²) in [4.78, 5) is 25.5. The highest BCUT2D eigenvalue weighted by molar-refractivity contribution is 5.85. The first-order valence-electron chi connectivity index (χ1n) is 29.2. The molecule has 2 unspecified atom stereocenters. The number of carboxylic acid groups (broad SMARTS) is 1. The van der Waals surface area contributed by atoms with Gasteiger partial charge in [0, 0.05) is 6.42 Å². The van der Waals surface area contributed by atoms with E-state index in [0.29, 0.717) is 28.2 Å². The predicted molar refractivity (Wildman–Crippen MR) is 301 cm³/mol. The van der Waals surface area contributed by atoms with E-state index < -0.39 is 5.97 Å². The number of rotatable bonds is 15. The molecule has 8 aliphatic rings. The van der Waals surface area contributed by atoms with E-state index in [-0.39, 0.29) is 44.6 Å². The van der Waals surface area contributed by atoms with Crippen LogP contribution in [-0.4, -0.2) is 85.4 Å². The first-order valence-corrected chi connectivity index (χ1v) is 29.2. The van der Waals surface area contributed by atoms with Crippen molar-refractivity contribution < 1.29 is 24.5 Å². The van der Waals surface area contributed by atoms with Crippen molar-refractivity contribution in [3.05, 3.63) is 23.3 Å². The minimum absolute atomic E-state index is 0. The van der Waals surface area contributed by atoms with Gasteiger partial charge in [0.15, 0.2) is 0 Å². The molecule has 7 nitrogen and oxygen atoms in total. The quantitative estimate of drug-likeness (QED) is 0.125. The van der Waals surface area contributed by atoms with E-state index in [1.165, 1.54) is 116 Å². The van der Waals surface area contributed by atoms with E-state index in [0.717, 1.165) is 96.7 Å². The molecule has 0 heterocycles. The van der Waals surface area contributed by atoms with Crippen LogP contribution in [0.4, 0.5) is 0 Å². The molecule has 0 aromatic rings. The molecule has 412 valence electrons. The van der Waals surface area contributed by atoms with Crippen LogP contribution in [0.5, 0.6) is 0 Å². The number of hydrogen-bond donors (Lipinski definition) is 2. The number of carbonyl (C=O) groups is 2. The molecule has 0 amide bonds. The third-order valence-electron chi connectivity index (χ3n) is 21.7. The van der Waals surface area contributed by atoms with Crippen LogP contribution in [0, 0.1) is 92.7 Å². The standard InChI is InChI=1S/C31H53NO2.C27H46O.C4H9NO2.CH4.ClH/c1-21(2)9-8-10-22(3)26-13-14-27-25-12-11-23-19-24(34-29(33)20-32(6)7)15-17-30(23,4)28(25)16-18-31(26,27)5;1-18(2)7-6-8-19(3)23-11-12-24-22-10-9-20-17-21(28)13-15-26(20,4)25(22)14-16-27(23,24)5;1-5(2)3-4(6)7;;/h11,21-22,24-28H,8-10,12-20H2,1-7H3;9,18-19,21-25,28H,6-8,10-17H2,1-5H3;3H2,1-2H3,(H,6,7);1H4;1H/t22-,24?,25+,26-,27+,28+,30+,31-;19-,21?,22+,23-,24+,25+,26+,27-;;;/m11.../s1. The zero-order valence-corrected chi connectivity index (χ0v) is 48.4. The number of hydrogen-bond acceptors (Lipinski definition) is 6. The molecule has 2 N–H and O–H groups in total. The van der Waals surface area contributed by atoms with Gasteiger partial charge >= 0.3 is 11.9 Å². The van der Waals surface area contributed by atoms with E-state index in [1.54, 1.807) is 30.1 Å². The predicted octanol–water partition coefficient (Wildman–Crippen LogP) is 15.6. The van der Waals surface area contributed by atoms with Crippen molar-refractivity contribution in [2.45, 2.75) is 230 Å². The van der Waals surface area contributed by atoms with Crippen molar-refractivity contribution in [1.29, 1.82) is 0 Å². The second-order valence-electron chi connectivity index (χ2n) is 27.7. The lowest BCUT2D eigenvalue weighted by molar-refractivity contribution is -0.152. The van der Waals surface area contributed by atoms with Crippen LogP contribution in [0.1, 0.15) is 218 Å². The Bertz CT molecular complexity index is 1760. The zero-order valence-electron chi connectivity index (χ0n) is 47.6. The van der Waals surface area contributed by atoms with Gasteiger partial charge in [-0.3, -0.25) is 19.4 Å². The van der Waals surface area contributed by atoms with Crippen LogP contribution in [0.25, 0.3) is 0 Å². The van der Waals surface area contributed by atoms with Gasteiger partial charge in [0.05, 0.1) is 19.2 Å². The summed E-state index contributed by atoms with van der Waals surface area (Å²) >= 11 is 0. The second-order valence-corrected chi connectivity index (χ2v) is 27.7. The fraction of sp³-hybridized carbons (Fsp3) is 0.905. The van der Waals surface area contributed by atoms with Gasteiger partial charge in [-0.25, -0.2) is 0 Å². The van der Waals surface area contributed by atoms with Crippen molar-refractivity contribution in [1.82, 2.24) is 9.80 Å². The molecule has 8 rings (SSSR count). The zero-order chi connectivity index (χ0) is 50.6. The lowest BCUT2D eigenvalue weighted by Gasteiger charge is -2.58. The number of nitrogens with zero attached hydrogens (tertiary/aromatic N) is 2. The van der Waals surface area contributed by atoms with Gasteiger partial charge in [-0.05, 0) is 217 Å². The van der Waals surface area contributed by atoms with Crippen LogP contribution in [-0.2, 0) is 14.3 Å². The van der Waals surface area contributed by atoms with Gasteiger partial charge in [0.1, 0.15) is 6.10 Å². The second kappa shape index (κ2) is 26.1. The normalized spacial score (nSPS) is 38.6. The minimum atomic E-state index is -0.787. The molecule has 0 aromatic heterocycles. The van der Waals surface area contributed by atoms with E-state index in [4.69, 9.17) is 9.84 Å². The molecule has 8 aliphatic carbocycles. The van der Waals surface area contributed by atoms with Crippen molar-refractivity contribution >= 4 is 24.3 Å². The van der Waals surface area contributed by atoms with Gasteiger partial charge < -0.3 is 14.9 Å². The number of esters is 1. The van der Waals surface area contributed by atoms with Gasteiger partial charge in [-0.15, -0.1) is 12.4 Å². The van der Waals surface area contributed by atoms with Crippen LogP contribution < -0.4 is 0 Å². The molecule has 0 spiro atoms. The number of carbonyl (C=O) groups excluding carboxylic acids is 1. The summed E-state index contributed by atoms with van der Waals surface area (Å²) in [6.45, 7) is 25.6. The number of halogens is 1. The molecule has 16 atom stereocenters. The average Bonchev–Trinajstić information content (AvgIpc) is 3.80. The maximum absolute atomic E-state index is 12.3. The fourth-order valence-electron chi connectivity index (χ4n) is 18.2. The Balaban J connectivity index is 0.000000269. The monoisotopic (exact) mass is 1010 g/mol. The summed E-state index contributed by atoms with van der Waals surface area (Å²) in [6, 6.07) is 0. The Hall–Kier alpha value is -1.41. The number of aliphatic hydroxyl groups is 1. The highest BCUT2D eigenvalue weighted by Gasteiger charge is 2.61. The van der Waals surface area contributed by atoms with Crippen molar-refractivity contribution in [2.24, 2.45) is 92.7 Å². The number of fused-ring (bicyclic) bond motifs is 10. The molecule has 8 heteroatoms. The average molecular weight is 1010 g/mol. The Labute approximate surface area is 444 Å². The highest BCUT2D eigenvalue weighted by atomic mass is 35.5. The van der Waals surface area contributed by atoms with Gasteiger partial charge in [-0.1, -0.05) is 138 Å². The molecule has 0 bridgehead atoms. The maximum atomic E-state index is 12.3. The van der Waals surface area contributed by atoms with E-state index in [2.05, 4.69) is 81.4 Å². The highest BCUT2D eigenvalue weighted by Crippen LogP contribution is 2.69.